The Hall–Kier alpha value is -4.56. The lowest BCUT2D eigenvalue weighted by Crippen LogP contribution is -2.54. The van der Waals surface area contributed by atoms with Gasteiger partial charge in [0, 0.05) is 42.2 Å². The number of ketones is 1. The van der Waals surface area contributed by atoms with Crippen LogP contribution in [0.15, 0.2) is 114 Å². The van der Waals surface area contributed by atoms with E-state index in [1.165, 1.54) is 5.57 Å². The molecule has 1 saturated carbocycles. The highest BCUT2D eigenvalue weighted by molar-refractivity contribution is 6.10. The van der Waals surface area contributed by atoms with Crippen molar-refractivity contribution < 1.29 is 15.0 Å². The third-order valence-corrected chi connectivity index (χ3v) is 13.2. The first-order valence-corrected chi connectivity index (χ1v) is 19.9. The molecule has 2 heterocycles. The molecule has 7 heteroatoms. The van der Waals surface area contributed by atoms with Gasteiger partial charge in [-0.1, -0.05) is 97.4 Å². The van der Waals surface area contributed by atoms with Crippen molar-refractivity contribution in [2.75, 3.05) is 19.6 Å². The Kier molecular flexibility index (Phi) is 10.1. The molecule has 5 aromatic rings. The molecule has 1 aliphatic heterocycles. The smallest absolute Gasteiger partial charge is 0.326 e. The lowest BCUT2D eigenvalue weighted by atomic mass is 9.64. The lowest BCUT2D eigenvalue weighted by Gasteiger charge is -2.47. The molecule has 1 aromatic heterocycles. The van der Waals surface area contributed by atoms with Crippen LogP contribution in [0.4, 0.5) is 0 Å². The Bertz CT molecular complexity index is 2210. The number of allylic oxidation sites excluding steroid dienone is 2. The van der Waals surface area contributed by atoms with Gasteiger partial charge in [0.25, 0.3) is 0 Å². The number of benzene rings is 4. The van der Waals surface area contributed by atoms with Gasteiger partial charge in [-0.15, -0.1) is 0 Å². The van der Waals surface area contributed by atoms with E-state index < -0.39 is 17.1 Å². The Morgan fingerprint density at radius 3 is 2.37 bits per heavy atom. The summed E-state index contributed by atoms with van der Waals surface area (Å²) in [5.41, 5.74) is 7.03. The number of aliphatic hydroxyl groups excluding tert-OH is 1. The molecule has 3 N–H and O–H groups in total. The monoisotopic (exact) mass is 723 g/mol. The fourth-order valence-electron chi connectivity index (χ4n) is 9.94. The largest absolute Gasteiger partial charge is 0.393 e. The van der Waals surface area contributed by atoms with E-state index in [2.05, 4.69) is 54.1 Å². The molecule has 0 amide bonds. The number of aromatic amines is 1. The second-order valence-electron chi connectivity index (χ2n) is 16.5. The van der Waals surface area contributed by atoms with Crippen LogP contribution in [0.25, 0.3) is 22.2 Å². The van der Waals surface area contributed by atoms with Crippen molar-refractivity contribution in [2.24, 2.45) is 5.41 Å². The highest BCUT2D eigenvalue weighted by Gasteiger charge is 2.57. The molecule has 4 aliphatic rings. The summed E-state index contributed by atoms with van der Waals surface area (Å²) < 4.78 is 1.93. The van der Waals surface area contributed by atoms with Crippen LogP contribution < -0.4 is 5.69 Å². The quantitative estimate of drug-likeness (QED) is 0.120. The molecule has 1 saturated heterocycles. The van der Waals surface area contributed by atoms with Crippen LogP contribution in [0.1, 0.15) is 104 Å². The zero-order valence-electron chi connectivity index (χ0n) is 31.6. The molecule has 4 atom stereocenters. The molecule has 2 fully saturated rings. The van der Waals surface area contributed by atoms with Crippen molar-refractivity contribution in [3.63, 3.8) is 0 Å². The summed E-state index contributed by atoms with van der Waals surface area (Å²) in [7, 11) is 0. The van der Waals surface area contributed by atoms with Crippen molar-refractivity contribution in [1.29, 1.82) is 0 Å². The summed E-state index contributed by atoms with van der Waals surface area (Å²) in [4.78, 5) is 33.0. The van der Waals surface area contributed by atoms with Crippen LogP contribution in [0.5, 0.6) is 0 Å². The first-order valence-electron chi connectivity index (χ1n) is 19.9. The van der Waals surface area contributed by atoms with Crippen molar-refractivity contribution in [3.05, 3.63) is 141 Å². The predicted molar refractivity (Wildman–Crippen MR) is 216 cm³/mol. The second kappa shape index (κ2) is 14.9. The molecule has 3 aliphatic carbocycles. The Balaban J connectivity index is 1.10. The number of piperidine rings is 1. The molecule has 4 unspecified atom stereocenters. The van der Waals surface area contributed by atoms with Gasteiger partial charge in [-0.2, -0.15) is 0 Å². The molecule has 7 nitrogen and oxygen atoms in total. The minimum absolute atomic E-state index is 0.0174. The molecule has 0 spiro atoms. The number of carbonyl (C=O) groups is 1. The van der Waals surface area contributed by atoms with Crippen LogP contribution in [0.3, 0.4) is 0 Å². The van der Waals surface area contributed by atoms with Gasteiger partial charge in [-0.25, -0.2) is 4.79 Å². The number of hydrogen-bond donors (Lipinski definition) is 3. The number of nitrogens with zero attached hydrogens (tertiary/aromatic N) is 2. The normalized spacial score (nSPS) is 25.7. The molecule has 0 radical (unpaired) electrons. The fourth-order valence-corrected chi connectivity index (χ4v) is 9.94. The summed E-state index contributed by atoms with van der Waals surface area (Å²) >= 11 is 0. The van der Waals surface area contributed by atoms with E-state index in [0.29, 0.717) is 36.9 Å². The minimum Gasteiger partial charge on any atom is -0.393 e. The number of hydrogen-bond acceptors (Lipinski definition) is 5. The summed E-state index contributed by atoms with van der Waals surface area (Å²) in [5, 5.41) is 24.0. The molecule has 4 aromatic carbocycles. The van der Waals surface area contributed by atoms with E-state index in [1.807, 2.05) is 77.4 Å². The highest BCUT2D eigenvalue weighted by atomic mass is 16.3. The number of carbonyl (C=O) groups excluding carboxylic acids is 1. The summed E-state index contributed by atoms with van der Waals surface area (Å²) in [6.07, 6.45) is 8.52. The van der Waals surface area contributed by atoms with Gasteiger partial charge in [0.1, 0.15) is 0 Å². The minimum atomic E-state index is -0.965. The maximum Gasteiger partial charge on any atom is 0.326 e. The number of H-pyrrole nitrogens is 1. The van der Waals surface area contributed by atoms with Gasteiger partial charge < -0.3 is 20.1 Å². The molecular weight excluding hydrogens is 671 g/mol. The maximum absolute atomic E-state index is 14.6. The van der Waals surface area contributed by atoms with Crippen LogP contribution in [-0.4, -0.2) is 61.8 Å². The van der Waals surface area contributed by atoms with Gasteiger partial charge in [0.2, 0.25) is 0 Å². The van der Waals surface area contributed by atoms with Crippen molar-refractivity contribution in [2.45, 2.75) is 95.3 Å². The molecular formula is C47H53N3O4. The number of fused-ring (bicyclic) bond motifs is 9. The van der Waals surface area contributed by atoms with Crippen LogP contribution in [-0.2, 0) is 6.42 Å². The number of para-hydroxylation sites is 2. The van der Waals surface area contributed by atoms with E-state index in [0.717, 1.165) is 84.9 Å². The van der Waals surface area contributed by atoms with E-state index in [1.54, 1.807) is 0 Å². The Morgan fingerprint density at radius 1 is 0.870 bits per heavy atom. The molecule has 2 bridgehead atoms. The number of aromatic nitrogens is 2. The fraction of sp³-hybridized carbons (Fsp3) is 0.404. The van der Waals surface area contributed by atoms with Gasteiger partial charge in [-0.3, -0.25) is 9.36 Å². The standard InChI is InChI=1S/C47H53N3O4/c1-32-9-8-25-46(2)41(22-26-47(46,54)31-49-27-23-37(24-28-49)50-43-13-7-6-12-42(43)48-45(50)53)39-21-15-33(29-38(51)20-14-32)30-40(39)44(52)36-18-16-35(17-19-36)34-10-4-3-5-11-34/h3-7,9-13,15-19,21,30,37-38,41,51,54H,8,14,20,22-29,31H2,1-2H3,(H,48,53). The SMILES string of the molecule is CC1=CCCC2(C)C(CCC2(O)CN2CCC(n3c(=O)[nH]c4ccccc43)CC2)c2ccc(cc2C(=O)c2ccc(-c3ccccc3)cc2)CC(O)CC1. The predicted octanol–water partition coefficient (Wildman–Crippen LogP) is 8.60. The number of aliphatic hydroxyl groups is 2. The average Bonchev–Trinajstić information content (AvgIpc) is 3.65. The van der Waals surface area contributed by atoms with Crippen molar-refractivity contribution in [1.82, 2.24) is 14.5 Å². The topological polar surface area (TPSA) is 98.6 Å². The van der Waals surface area contributed by atoms with Crippen LogP contribution >= 0.6 is 0 Å². The highest BCUT2D eigenvalue weighted by Crippen LogP contribution is 2.59. The van der Waals surface area contributed by atoms with Crippen LogP contribution in [0.2, 0.25) is 0 Å². The maximum atomic E-state index is 14.6. The number of likely N-dealkylation sites (tertiary alicyclic amines) is 1. The van der Waals surface area contributed by atoms with E-state index in [-0.39, 0.29) is 23.4 Å². The summed E-state index contributed by atoms with van der Waals surface area (Å²) in [6.45, 7) is 6.58. The number of rotatable bonds is 6. The van der Waals surface area contributed by atoms with Crippen molar-refractivity contribution in [3.8, 4) is 11.1 Å². The Labute approximate surface area is 318 Å². The third kappa shape index (κ3) is 6.94. The van der Waals surface area contributed by atoms with E-state index in [9.17, 15) is 19.8 Å². The third-order valence-electron chi connectivity index (χ3n) is 13.2. The van der Waals surface area contributed by atoms with Gasteiger partial charge >= 0.3 is 5.69 Å². The van der Waals surface area contributed by atoms with Crippen LogP contribution in [0, 0.1) is 5.41 Å². The van der Waals surface area contributed by atoms with Gasteiger partial charge in [0.15, 0.2) is 5.78 Å². The molecule has 280 valence electrons. The lowest BCUT2D eigenvalue weighted by molar-refractivity contribution is -0.0870. The summed E-state index contributed by atoms with van der Waals surface area (Å²) in [6, 6.07) is 32.3. The summed E-state index contributed by atoms with van der Waals surface area (Å²) in [5.74, 6) is -0.0424. The Morgan fingerprint density at radius 2 is 1.59 bits per heavy atom. The number of imidazole rings is 1. The van der Waals surface area contributed by atoms with Crippen molar-refractivity contribution >= 4 is 16.8 Å². The first-order chi connectivity index (χ1) is 26.1. The molecule has 9 rings (SSSR count). The second-order valence-corrected chi connectivity index (χ2v) is 16.5. The number of nitrogens with one attached hydrogen (secondary N) is 1. The number of β-amino-alcohol motifs (C(OH)–C–C–N with tert-alkyl or cyclic N) is 1. The molecule has 54 heavy (non-hydrogen) atoms. The van der Waals surface area contributed by atoms with Gasteiger partial charge in [-0.05, 0) is 111 Å². The van der Waals surface area contributed by atoms with E-state index in [4.69, 9.17) is 0 Å². The zero-order valence-corrected chi connectivity index (χ0v) is 31.6. The van der Waals surface area contributed by atoms with E-state index >= 15 is 0 Å². The zero-order chi connectivity index (χ0) is 37.5. The first kappa shape index (κ1) is 36.4. The van der Waals surface area contributed by atoms with Gasteiger partial charge in [0.05, 0.1) is 22.7 Å². The average molecular weight is 724 g/mol.